The molecule has 1 aromatic heterocycles. The largest absolute Gasteiger partial charge is 0.452 e. The number of anilines is 1. The van der Waals surface area contributed by atoms with Crippen molar-refractivity contribution in [3.05, 3.63) is 35.6 Å². The van der Waals surface area contributed by atoms with Crippen molar-refractivity contribution in [2.24, 2.45) is 9.98 Å². The smallest absolute Gasteiger partial charge is 0.168 e. The standard InChI is InChI=1S/C11H11N3O/c1-3-4-12-5-9-8(2)11-10(15-9)6-13-7-14-11/h4-6,14H,1,7H2,2H3. The molecule has 0 radical (unpaired) electrons. The van der Waals surface area contributed by atoms with Crippen LogP contribution in [0, 0.1) is 6.92 Å². The third-order valence-corrected chi connectivity index (χ3v) is 2.12. The normalized spacial score (nSPS) is 13.4. The number of nitrogens with zero attached hydrogens (tertiary/aromatic N) is 2. The van der Waals surface area contributed by atoms with E-state index in [9.17, 15) is 0 Å². The van der Waals surface area contributed by atoms with Crippen LogP contribution in [0.1, 0.15) is 17.1 Å². The summed E-state index contributed by atoms with van der Waals surface area (Å²) in [6.07, 6.45) is 4.85. The zero-order valence-electron chi connectivity index (χ0n) is 8.45. The summed E-state index contributed by atoms with van der Waals surface area (Å²) in [5.74, 6) is 1.48. The molecule has 1 aliphatic rings. The van der Waals surface area contributed by atoms with E-state index >= 15 is 0 Å². The van der Waals surface area contributed by atoms with Crippen molar-refractivity contribution >= 4 is 18.1 Å². The highest BCUT2D eigenvalue weighted by molar-refractivity contribution is 5.92. The fourth-order valence-electron chi connectivity index (χ4n) is 1.40. The van der Waals surface area contributed by atoms with E-state index in [2.05, 4.69) is 27.6 Å². The van der Waals surface area contributed by atoms with Gasteiger partial charge < -0.3 is 9.73 Å². The van der Waals surface area contributed by atoms with E-state index in [1.54, 1.807) is 12.4 Å². The summed E-state index contributed by atoms with van der Waals surface area (Å²) >= 11 is 0. The molecule has 4 heteroatoms. The highest BCUT2D eigenvalue weighted by atomic mass is 16.3. The van der Waals surface area contributed by atoms with Gasteiger partial charge in [-0.15, -0.1) is 5.73 Å². The molecule has 0 saturated heterocycles. The van der Waals surface area contributed by atoms with Crippen molar-refractivity contribution in [1.29, 1.82) is 0 Å². The minimum absolute atomic E-state index is 0.594. The summed E-state index contributed by atoms with van der Waals surface area (Å²) in [4.78, 5) is 8.04. The van der Waals surface area contributed by atoms with Gasteiger partial charge in [-0.25, -0.2) is 0 Å². The molecule has 76 valence electrons. The molecule has 1 aliphatic heterocycles. The summed E-state index contributed by atoms with van der Waals surface area (Å²) in [6, 6.07) is 0. The van der Waals surface area contributed by atoms with Crippen molar-refractivity contribution < 1.29 is 4.42 Å². The molecule has 2 rings (SSSR count). The Morgan fingerprint density at radius 2 is 2.60 bits per heavy atom. The Labute approximate surface area is 87.7 Å². The molecule has 2 heterocycles. The van der Waals surface area contributed by atoms with Crippen molar-refractivity contribution in [3.8, 4) is 0 Å². The maximum atomic E-state index is 5.55. The first-order valence-corrected chi connectivity index (χ1v) is 4.57. The molecule has 1 N–H and O–H groups in total. The summed E-state index contributed by atoms with van der Waals surface area (Å²) in [5, 5.41) is 3.15. The Morgan fingerprint density at radius 1 is 1.73 bits per heavy atom. The Morgan fingerprint density at radius 3 is 3.33 bits per heavy atom. The first-order chi connectivity index (χ1) is 7.33. The van der Waals surface area contributed by atoms with E-state index < -0.39 is 0 Å². The van der Waals surface area contributed by atoms with Crippen LogP contribution in [0.25, 0.3) is 0 Å². The van der Waals surface area contributed by atoms with E-state index in [1.165, 1.54) is 6.20 Å². The molecule has 0 unspecified atom stereocenters. The number of hydrogen-bond donors (Lipinski definition) is 1. The van der Waals surface area contributed by atoms with Crippen LogP contribution in [0.15, 0.2) is 32.9 Å². The van der Waals surface area contributed by atoms with E-state index in [1.807, 2.05) is 6.92 Å². The second-order valence-corrected chi connectivity index (χ2v) is 3.09. The lowest BCUT2D eigenvalue weighted by molar-refractivity contribution is 0.551. The minimum Gasteiger partial charge on any atom is -0.452 e. The summed E-state index contributed by atoms with van der Waals surface area (Å²) in [6.45, 7) is 5.99. The molecule has 0 spiro atoms. The molecular formula is C11H11N3O. The molecule has 0 fully saturated rings. The van der Waals surface area contributed by atoms with Gasteiger partial charge in [0.05, 0.1) is 24.3 Å². The summed E-state index contributed by atoms with van der Waals surface area (Å²) in [7, 11) is 0. The molecule has 15 heavy (non-hydrogen) atoms. The predicted octanol–water partition coefficient (Wildman–Crippen LogP) is 2.11. The van der Waals surface area contributed by atoms with Gasteiger partial charge in [0, 0.05) is 5.56 Å². The maximum Gasteiger partial charge on any atom is 0.168 e. The Hall–Kier alpha value is -2.06. The zero-order chi connectivity index (χ0) is 10.7. The molecule has 0 bridgehead atoms. The topological polar surface area (TPSA) is 49.9 Å². The van der Waals surface area contributed by atoms with E-state index in [-0.39, 0.29) is 0 Å². The summed E-state index contributed by atoms with van der Waals surface area (Å²) < 4.78 is 5.55. The lowest BCUT2D eigenvalue weighted by Crippen LogP contribution is -2.06. The Kier molecular flexibility index (Phi) is 2.52. The van der Waals surface area contributed by atoms with Gasteiger partial charge in [0.25, 0.3) is 0 Å². The van der Waals surface area contributed by atoms with E-state index in [0.29, 0.717) is 6.67 Å². The Bertz CT molecular complexity index is 476. The second kappa shape index (κ2) is 3.98. The zero-order valence-corrected chi connectivity index (χ0v) is 8.45. The SMILES string of the molecule is C=C=CN=Cc1oc2c(c1C)NCN=C2. The lowest BCUT2D eigenvalue weighted by atomic mass is 10.2. The van der Waals surface area contributed by atoms with Gasteiger partial charge in [0.2, 0.25) is 0 Å². The van der Waals surface area contributed by atoms with Gasteiger partial charge in [-0.05, 0) is 6.92 Å². The van der Waals surface area contributed by atoms with Gasteiger partial charge in [-0.2, -0.15) is 0 Å². The van der Waals surface area contributed by atoms with Gasteiger partial charge in [-0.1, -0.05) is 6.58 Å². The monoisotopic (exact) mass is 201 g/mol. The number of furan rings is 1. The van der Waals surface area contributed by atoms with Crippen LogP contribution in [0.3, 0.4) is 0 Å². The minimum atomic E-state index is 0.594. The van der Waals surface area contributed by atoms with Crippen LogP contribution in [0.2, 0.25) is 0 Å². The number of fused-ring (bicyclic) bond motifs is 1. The fourth-order valence-corrected chi connectivity index (χ4v) is 1.40. The molecule has 0 aliphatic carbocycles. The van der Waals surface area contributed by atoms with Gasteiger partial charge in [0.15, 0.2) is 11.5 Å². The average Bonchev–Trinajstić information content (AvgIpc) is 2.57. The fraction of sp³-hybridized carbons (Fsp3) is 0.182. The van der Waals surface area contributed by atoms with Crippen molar-refractivity contribution in [1.82, 2.24) is 0 Å². The molecule has 0 aromatic carbocycles. The first kappa shape index (κ1) is 9.49. The molecule has 0 saturated carbocycles. The highest BCUT2D eigenvalue weighted by Crippen LogP contribution is 2.26. The number of hydrogen-bond acceptors (Lipinski definition) is 4. The summed E-state index contributed by atoms with van der Waals surface area (Å²) in [5.41, 5.74) is 4.60. The lowest BCUT2D eigenvalue weighted by Gasteiger charge is -2.06. The van der Waals surface area contributed by atoms with E-state index in [0.717, 1.165) is 22.8 Å². The average molecular weight is 201 g/mol. The van der Waals surface area contributed by atoms with Gasteiger partial charge >= 0.3 is 0 Å². The van der Waals surface area contributed by atoms with Gasteiger partial charge in [-0.3, -0.25) is 9.98 Å². The Balaban J connectivity index is 2.38. The van der Waals surface area contributed by atoms with Crippen LogP contribution < -0.4 is 5.32 Å². The van der Waals surface area contributed by atoms with Crippen LogP contribution in [-0.4, -0.2) is 19.1 Å². The molecular weight excluding hydrogens is 190 g/mol. The molecule has 0 atom stereocenters. The molecule has 1 aromatic rings. The maximum absolute atomic E-state index is 5.55. The van der Waals surface area contributed by atoms with E-state index in [4.69, 9.17) is 4.42 Å². The number of aliphatic imine (C=N–C) groups is 2. The third kappa shape index (κ3) is 1.75. The van der Waals surface area contributed by atoms with Crippen LogP contribution in [0.5, 0.6) is 0 Å². The predicted molar refractivity (Wildman–Crippen MR) is 60.8 cm³/mol. The third-order valence-electron chi connectivity index (χ3n) is 2.12. The van der Waals surface area contributed by atoms with Crippen LogP contribution in [-0.2, 0) is 0 Å². The highest BCUT2D eigenvalue weighted by Gasteiger charge is 2.15. The first-order valence-electron chi connectivity index (χ1n) is 4.57. The molecule has 0 amide bonds. The quantitative estimate of drug-likeness (QED) is 0.588. The number of nitrogens with one attached hydrogen (secondary N) is 1. The van der Waals surface area contributed by atoms with Gasteiger partial charge in [0.1, 0.15) is 6.67 Å². The molecule has 4 nitrogen and oxygen atoms in total. The van der Waals surface area contributed by atoms with Crippen molar-refractivity contribution in [2.45, 2.75) is 6.92 Å². The van der Waals surface area contributed by atoms with Crippen molar-refractivity contribution in [2.75, 3.05) is 12.0 Å². The second-order valence-electron chi connectivity index (χ2n) is 3.09. The van der Waals surface area contributed by atoms with Crippen LogP contribution in [0.4, 0.5) is 5.69 Å². The number of rotatable bonds is 2. The van der Waals surface area contributed by atoms with Crippen molar-refractivity contribution in [3.63, 3.8) is 0 Å². The van der Waals surface area contributed by atoms with Crippen LogP contribution >= 0.6 is 0 Å².